The maximum Gasteiger partial charge on any atom is 0.222 e. The van der Waals surface area contributed by atoms with Crippen LogP contribution in [0.1, 0.15) is 24.0 Å². The standard InChI is InChI=1S/C20H26N2O2/c1-24-19-11-9-17(10-12-19)13-15-22(20(23)8-5-14-21)16-18-6-3-2-4-7-18/h2-4,6-7,9-12H,5,8,13-16,21H2,1H3. The molecule has 0 saturated carbocycles. The van der Waals surface area contributed by atoms with Gasteiger partial charge in [0.05, 0.1) is 7.11 Å². The highest BCUT2D eigenvalue weighted by molar-refractivity contribution is 5.76. The molecule has 2 aromatic rings. The van der Waals surface area contributed by atoms with Gasteiger partial charge in [0.1, 0.15) is 5.75 Å². The SMILES string of the molecule is COc1ccc(CCN(Cc2ccccc2)C(=O)CCCN)cc1. The van der Waals surface area contributed by atoms with Crippen molar-refractivity contribution in [2.24, 2.45) is 5.73 Å². The summed E-state index contributed by atoms with van der Waals surface area (Å²) >= 11 is 0. The van der Waals surface area contributed by atoms with E-state index in [1.54, 1.807) is 7.11 Å². The van der Waals surface area contributed by atoms with Gasteiger partial charge in [-0.2, -0.15) is 0 Å². The lowest BCUT2D eigenvalue weighted by Gasteiger charge is -2.23. The number of rotatable bonds is 9. The van der Waals surface area contributed by atoms with Crippen LogP contribution in [0.15, 0.2) is 54.6 Å². The molecule has 1 amide bonds. The Balaban J connectivity index is 1.99. The summed E-state index contributed by atoms with van der Waals surface area (Å²) in [6, 6.07) is 18.1. The lowest BCUT2D eigenvalue weighted by Crippen LogP contribution is -2.32. The van der Waals surface area contributed by atoms with Gasteiger partial charge in [-0.05, 0) is 42.6 Å². The maximum absolute atomic E-state index is 12.5. The Morgan fingerprint density at radius 1 is 1.04 bits per heavy atom. The largest absolute Gasteiger partial charge is 0.497 e. The third-order valence-corrected chi connectivity index (χ3v) is 3.99. The fraction of sp³-hybridized carbons (Fsp3) is 0.350. The molecule has 0 radical (unpaired) electrons. The summed E-state index contributed by atoms with van der Waals surface area (Å²) in [5.41, 5.74) is 7.88. The van der Waals surface area contributed by atoms with Crippen LogP contribution >= 0.6 is 0 Å². The zero-order chi connectivity index (χ0) is 17.2. The fourth-order valence-electron chi connectivity index (χ4n) is 2.56. The number of hydrogen-bond acceptors (Lipinski definition) is 3. The highest BCUT2D eigenvalue weighted by Gasteiger charge is 2.13. The van der Waals surface area contributed by atoms with Gasteiger partial charge in [0.2, 0.25) is 5.91 Å². The highest BCUT2D eigenvalue weighted by atomic mass is 16.5. The summed E-state index contributed by atoms with van der Waals surface area (Å²) in [7, 11) is 1.66. The second kappa shape index (κ2) is 9.73. The van der Waals surface area contributed by atoms with E-state index in [4.69, 9.17) is 10.5 Å². The van der Waals surface area contributed by atoms with Gasteiger partial charge < -0.3 is 15.4 Å². The Kier molecular flexibility index (Phi) is 7.30. The van der Waals surface area contributed by atoms with Gasteiger partial charge in [-0.3, -0.25) is 4.79 Å². The molecule has 128 valence electrons. The molecule has 0 saturated heterocycles. The van der Waals surface area contributed by atoms with Crippen molar-refractivity contribution in [2.75, 3.05) is 20.2 Å². The van der Waals surface area contributed by atoms with Crippen molar-refractivity contribution < 1.29 is 9.53 Å². The van der Waals surface area contributed by atoms with Crippen molar-refractivity contribution >= 4 is 5.91 Å². The van der Waals surface area contributed by atoms with Gasteiger partial charge in [-0.25, -0.2) is 0 Å². The first-order valence-corrected chi connectivity index (χ1v) is 8.37. The summed E-state index contributed by atoms with van der Waals surface area (Å²) in [4.78, 5) is 14.4. The van der Waals surface area contributed by atoms with E-state index in [0.29, 0.717) is 26.1 Å². The monoisotopic (exact) mass is 326 g/mol. The van der Waals surface area contributed by atoms with Crippen LogP contribution in [0.4, 0.5) is 0 Å². The molecular weight excluding hydrogens is 300 g/mol. The Hall–Kier alpha value is -2.33. The van der Waals surface area contributed by atoms with Crippen LogP contribution in [0.5, 0.6) is 5.75 Å². The van der Waals surface area contributed by atoms with Crippen LogP contribution < -0.4 is 10.5 Å². The smallest absolute Gasteiger partial charge is 0.222 e. The number of hydrogen-bond donors (Lipinski definition) is 1. The Morgan fingerprint density at radius 3 is 2.38 bits per heavy atom. The summed E-state index contributed by atoms with van der Waals surface area (Å²) < 4.78 is 5.18. The molecule has 4 nitrogen and oxygen atoms in total. The third kappa shape index (κ3) is 5.70. The van der Waals surface area contributed by atoms with Crippen molar-refractivity contribution in [3.8, 4) is 5.75 Å². The molecule has 0 fully saturated rings. The summed E-state index contributed by atoms with van der Waals surface area (Å²) in [6.07, 6.45) is 2.06. The number of ether oxygens (including phenoxy) is 1. The number of benzene rings is 2. The van der Waals surface area contributed by atoms with Gasteiger partial charge in [0.25, 0.3) is 0 Å². The second-order valence-electron chi connectivity index (χ2n) is 5.79. The van der Waals surface area contributed by atoms with Gasteiger partial charge in [0, 0.05) is 19.5 Å². The van der Waals surface area contributed by atoms with Crippen LogP contribution in [0.3, 0.4) is 0 Å². The van der Waals surface area contributed by atoms with E-state index < -0.39 is 0 Å². The van der Waals surface area contributed by atoms with Crippen molar-refractivity contribution in [2.45, 2.75) is 25.8 Å². The summed E-state index contributed by atoms with van der Waals surface area (Å²) in [5, 5.41) is 0. The van der Waals surface area contributed by atoms with Crippen molar-refractivity contribution in [3.63, 3.8) is 0 Å². The topological polar surface area (TPSA) is 55.6 Å². The Labute approximate surface area is 144 Å². The molecule has 0 atom stereocenters. The molecule has 0 aliphatic rings. The minimum atomic E-state index is 0.165. The zero-order valence-corrected chi connectivity index (χ0v) is 14.3. The molecule has 2 aromatic carbocycles. The van der Waals surface area contributed by atoms with E-state index in [-0.39, 0.29) is 5.91 Å². The fourth-order valence-corrected chi connectivity index (χ4v) is 2.56. The summed E-state index contributed by atoms with van der Waals surface area (Å²) in [5.74, 6) is 1.01. The average Bonchev–Trinajstić information content (AvgIpc) is 2.64. The second-order valence-corrected chi connectivity index (χ2v) is 5.79. The van der Waals surface area contributed by atoms with Gasteiger partial charge >= 0.3 is 0 Å². The molecule has 0 aliphatic heterocycles. The van der Waals surface area contributed by atoms with Crippen LogP contribution in [0.25, 0.3) is 0 Å². The molecule has 0 aromatic heterocycles. The van der Waals surface area contributed by atoms with E-state index in [1.165, 1.54) is 5.56 Å². The average molecular weight is 326 g/mol. The molecule has 4 heteroatoms. The molecule has 2 rings (SSSR count). The first-order chi connectivity index (χ1) is 11.7. The van der Waals surface area contributed by atoms with Gasteiger partial charge in [-0.1, -0.05) is 42.5 Å². The number of amides is 1. The minimum absolute atomic E-state index is 0.165. The quantitative estimate of drug-likeness (QED) is 0.771. The van der Waals surface area contributed by atoms with Crippen LogP contribution in [0, 0.1) is 0 Å². The number of carbonyl (C=O) groups excluding carboxylic acids is 1. The number of carbonyl (C=O) groups is 1. The number of methoxy groups -OCH3 is 1. The lowest BCUT2D eigenvalue weighted by molar-refractivity contribution is -0.131. The summed E-state index contributed by atoms with van der Waals surface area (Å²) in [6.45, 7) is 1.88. The van der Waals surface area contributed by atoms with Crippen LogP contribution in [-0.4, -0.2) is 31.0 Å². The van der Waals surface area contributed by atoms with Gasteiger partial charge in [-0.15, -0.1) is 0 Å². The predicted octanol–water partition coefficient (Wildman–Crippen LogP) is 3.01. The molecule has 0 heterocycles. The van der Waals surface area contributed by atoms with Crippen molar-refractivity contribution in [1.29, 1.82) is 0 Å². The minimum Gasteiger partial charge on any atom is -0.497 e. The molecule has 0 bridgehead atoms. The molecule has 0 unspecified atom stereocenters. The van der Waals surface area contributed by atoms with E-state index in [2.05, 4.69) is 12.1 Å². The number of nitrogens with two attached hydrogens (primary N) is 1. The Morgan fingerprint density at radius 2 is 1.75 bits per heavy atom. The van der Waals surface area contributed by atoms with Crippen LogP contribution in [-0.2, 0) is 17.8 Å². The molecule has 24 heavy (non-hydrogen) atoms. The maximum atomic E-state index is 12.5. The Bertz CT molecular complexity index is 611. The molecule has 0 spiro atoms. The number of nitrogens with zero attached hydrogens (tertiary/aromatic N) is 1. The predicted molar refractivity (Wildman–Crippen MR) is 96.8 cm³/mol. The lowest BCUT2D eigenvalue weighted by atomic mass is 10.1. The van der Waals surface area contributed by atoms with E-state index >= 15 is 0 Å². The van der Waals surface area contributed by atoms with Crippen molar-refractivity contribution in [1.82, 2.24) is 4.90 Å². The third-order valence-electron chi connectivity index (χ3n) is 3.99. The first kappa shape index (κ1) is 18.0. The van der Waals surface area contributed by atoms with Crippen molar-refractivity contribution in [3.05, 3.63) is 65.7 Å². The normalized spacial score (nSPS) is 10.4. The molecule has 2 N–H and O–H groups in total. The van der Waals surface area contributed by atoms with Gasteiger partial charge in [0.15, 0.2) is 0 Å². The first-order valence-electron chi connectivity index (χ1n) is 8.37. The van der Waals surface area contributed by atoms with E-state index in [9.17, 15) is 4.79 Å². The molecule has 0 aliphatic carbocycles. The highest BCUT2D eigenvalue weighted by Crippen LogP contribution is 2.13. The molecular formula is C20H26N2O2. The van der Waals surface area contributed by atoms with Crippen LogP contribution in [0.2, 0.25) is 0 Å². The van der Waals surface area contributed by atoms with E-state index in [0.717, 1.165) is 24.2 Å². The zero-order valence-electron chi connectivity index (χ0n) is 14.3. The van der Waals surface area contributed by atoms with E-state index in [1.807, 2.05) is 47.4 Å².